The lowest BCUT2D eigenvalue weighted by Gasteiger charge is -2.08. The predicted molar refractivity (Wildman–Crippen MR) is 61.3 cm³/mol. The molecule has 2 rings (SSSR count). The van der Waals surface area contributed by atoms with Gasteiger partial charge in [0.2, 0.25) is 0 Å². The molecular weight excluding hydrogens is 245 g/mol. The zero-order chi connectivity index (χ0) is 12.4. The number of hydrogen-bond donors (Lipinski definition) is 1. The second-order valence-electron chi connectivity index (χ2n) is 3.75. The van der Waals surface area contributed by atoms with Crippen LogP contribution in [0.3, 0.4) is 0 Å². The van der Waals surface area contributed by atoms with E-state index < -0.39 is 11.9 Å². The molecule has 1 heterocycles. The number of oxazole rings is 1. The van der Waals surface area contributed by atoms with Gasteiger partial charge in [-0.25, -0.2) is 9.37 Å². The summed E-state index contributed by atoms with van der Waals surface area (Å²) < 4.78 is 18.5. The number of benzene rings is 1. The number of halogens is 2. The van der Waals surface area contributed by atoms with Crippen molar-refractivity contribution in [1.82, 2.24) is 4.98 Å². The maximum Gasteiger partial charge on any atom is 0.191 e. The van der Waals surface area contributed by atoms with Crippen LogP contribution in [0.4, 0.5) is 4.39 Å². The Hall–Kier alpha value is -1.39. The van der Waals surface area contributed by atoms with Crippen molar-refractivity contribution in [2.45, 2.75) is 19.4 Å². The van der Waals surface area contributed by atoms with Gasteiger partial charge in [0.15, 0.2) is 5.89 Å². The summed E-state index contributed by atoms with van der Waals surface area (Å²) in [6, 6.07) is 4.35. The van der Waals surface area contributed by atoms with Crippen molar-refractivity contribution in [2.75, 3.05) is 0 Å². The van der Waals surface area contributed by atoms with Crippen LogP contribution in [0.25, 0.3) is 0 Å². The van der Waals surface area contributed by atoms with Crippen LogP contribution < -0.4 is 0 Å². The summed E-state index contributed by atoms with van der Waals surface area (Å²) in [5.74, 6) is 0.0346. The van der Waals surface area contributed by atoms with Crippen LogP contribution in [0.15, 0.2) is 28.9 Å². The van der Waals surface area contributed by atoms with Gasteiger partial charge in [0, 0.05) is 18.4 Å². The molecule has 1 atom stereocenters. The number of aryl methyl sites for hydroxylation is 1. The van der Waals surface area contributed by atoms with Crippen molar-refractivity contribution in [2.24, 2.45) is 0 Å². The maximum absolute atomic E-state index is 13.5. The second-order valence-corrected chi connectivity index (χ2v) is 4.18. The molecule has 3 nitrogen and oxygen atoms in total. The van der Waals surface area contributed by atoms with E-state index in [-0.39, 0.29) is 6.42 Å². The van der Waals surface area contributed by atoms with E-state index in [0.29, 0.717) is 22.2 Å². The normalized spacial score (nSPS) is 12.7. The van der Waals surface area contributed by atoms with E-state index in [2.05, 4.69) is 4.98 Å². The van der Waals surface area contributed by atoms with Gasteiger partial charge in [-0.3, -0.25) is 0 Å². The minimum atomic E-state index is -0.886. The highest BCUT2D eigenvalue weighted by Gasteiger charge is 2.15. The molecular formula is C12H11ClFNO2. The zero-order valence-corrected chi connectivity index (χ0v) is 9.91. The van der Waals surface area contributed by atoms with Crippen LogP contribution in [-0.4, -0.2) is 10.1 Å². The summed E-state index contributed by atoms with van der Waals surface area (Å²) in [6.45, 7) is 1.68. The first kappa shape index (κ1) is 12.1. The van der Waals surface area contributed by atoms with Crippen molar-refractivity contribution < 1.29 is 13.9 Å². The van der Waals surface area contributed by atoms with Gasteiger partial charge in [-0.2, -0.15) is 0 Å². The molecule has 1 aromatic carbocycles. The van der Waals surface area contributed by atoms with Gasteiger partial charge in [0.25, 0.3) is 0 Å². The standard InChI is InChI=1S/C12H11ClFNO2/c1-7-15-11(6-17-7)12(16)4-8-2-3-9(13)5-10(8)14/h2-3,5-6,12,16H,4H2,1H3. The molecule has 17 heavy (non-hydrogen) atoms. The highest BCUT2D eigenvalue weighted by molar-refractivity contribution is 6.30. The molecule has 0 bridgehead atoms. The van der Waals surface area contributed by atoms with E-state index in [1.165, 1.54) is 12.3 Å². The number of rotatable bonds is 3. The lowest BCUT2D eigenvalue weighted by atomic mass is 10.1. The van der Waals surface area contributed by atoms with E-state index in [4.69, 9.17) is 16.0 Å². The zero-order valence-electron chi connectivity index (χ0n) is 9.15. The molecule has 0 fully saturated rings. The molecule has 0 saturated heterocycles. The summed E-state index contributed by atoms with van der Waals surface area (Å²) in [5.41, 5.74) is 0.791. The fourth-order valence-electron chi connectivity index (χ4n) is 1.53. The Bertz CT molecular complexity index is 527. The van der Waals surface area contributed by atoms with Gasteiger partial charge >= 0.3 is 0 Å². The molecule has 0 aliphatic rings. The molecule has 0 saturated carbocycles. The van der Waals surface area contributed by atoms with Crippen LogP contribution >= 0.6 is 11.6 Å². The monoisotopic (exact) mass is 255 g/mol. The third kappa shape index (κ3) is 2.84. The van der Waals surface area contributed by atoms with Crippen LogP contribution in [0, 0.1) is 12.7 Å². The van der Waals surface area contributed by atoms with Gasteiger partial charge in [-0.05, 0) is 17.7 Å². The molecule has 2 aromatic rings. The van der Waals surface area contributed by atoms with Crippen LogP contribution in [0.2, 0.25) is 5.02 Å². The molecule has 1 N–H and O–H groups in total. The summed E-state index contributed by atoms with van der Waals surface area (Å²) in [7, 11) is 0. The Kier molecular flexibility index (Phi) is 3.45. The van der Waals surface area contributed by atoms with Crippen molar-refractivity contribution in [3.05, 3.63) is 52.5 Å². The average molecular weight is 256 g/mol. The highest BCUT2D eigenvalue weighted by Crippen LogP contribution is 2.21. The largest absolute Gasteiger partial charge is 0.449 e. The lowest BCUT2D eigenvalue weighted by Crippen LogP contribution is -2.04. The minimum Gasteiger partial charge on any atom is -0.449 e. The topological polar surface area (TPSA) is 46.3 Å². The van der Waals surface area contributed by atoms with Crippen molar-refractivity contribution in [3.63, 3.8) is 0 Å². The third-order valence-electron chi connectivity index (χ3n) is 2.41. The Labute approximate surface area is 103 Å². The van der Waals surface area contributed by atoms with Crippen molar-refractivity contribution >= 4 is 11.6 Å². The lowest BCUT2D eigenvalue weighted by molar-refractivity contribution is 0.172. The first-order chi connectivity index (χ1) is 8.06. The highest BCUT2D eigenvalue weighted by atomic mass is 35.5. The van der Waals surface area contributed by atoms with Gasteiger partial charge in [0.05, 0.1) is 0 Å². The molecule has 90 valence electrons. The number of aromatic nitrogens is 1. The maximum atomic E-state index is 13.5. The Morgan fingerprint density at radius 3 is 2.88 bits per heavy atom. The fraction of sp³-hybridized carbons (Fsp3) is 0.250. The van der Waals surface area contributed by atoms with Crippen LogP contribution in [0.5, 0.6) is 0 Å². The molecule has 1 aromatic heterocycles. The summed E-state index contributed by atoms with van der Waals surface area (Å²) in [6.07, 6.45) is 0.617. The van der Waals surface area contributed by atoms with Crippen LogP contribution in [-0.2, 0) is 6.42 Å². The SMILES string of the molecule is Cc1nc(C(O)Cc2ccc(Cl)cc2F)co1. The first-order valence-electron chi connectivity index (χ1n) is 5.10. The summed E-state index contributed by atoms with van der Waals surface area (Å²) in [5, 5.41) is 10.2. The van der Waals surface area contributed by atoms with Crippen LogP contribution in [0.1, 0.15) is 23.3 Å². The predicted octanol–water partition coefficient (Wildman–Crippen LogP) is 3.05. The first-order valence-corrected chi connectivity index (χ1v) is 5.48. The van der Waals surface area contributed by atoms with Gasteiger partial charge in [-0.1, -0.05) is 17.7 Å². The molecule has 0 amide bonds. The van der Waals surface area contributed by atoms with Crippen molar-refractivity contribution in [3.8, 4) is 0 Å². The number of aliphatic hydroxyl groups is 1. The van der Waals surface area contributed by atoms with E-state index in [9.17, 15) is 9.50 Å². The molecule has 1 unspecified atom stereocenters. The minimum absolute atomic E-state index is 0.134. The van der Waals surface area contributed by atoms with E-state index in [0.717, 1.165) is 0 Å². The van der Waals surface area contributed by atoms with Gasteiger partial charge < -0.3 is 9.52 Å². The molecule has 0 spiro atoms. The number of nitrogens with zero attached hydrogens (tertiary/aromatic N) is 1. The summed E-state index contributed by atoms with van der Waals surface area (Å²) in [4.78, 5) is 3.99. The average Bonchev–Trinajstić information content (AvgIpc) is 2.69. The fourth-order valence-corrected chi connectivity index (χ4v) is 1.69. The quantitative estimate of drug-likeness (QED) is 0.917. The van der Waals surface area contributed by atoms with E-state index in [1.54, 1.807) is 19.1 Å². The number of hydrogen-bond acceptors (Lipinski definition) is 3. The molecule has 0 aliphatic carbocycles. The third-order valence-corrected chi connectivity index (χ3v) is 2.64. The second kappa shape index (κ2) is 4.85. The Morgan fingerprint density at radius 2 is 2.29 bits per heavy atom. The smallest absolute Gasteiger partial charge is 0.191 e. The van der Waals surface area contributed by atoms with Gasteiger partial charge in [-0.15, -0.1) is 0 Å². The molecule has 5 heteroatoms. The molecule has 0 radical (unpaired) electrons. The van der Waals surface area contributed by atoms with E-state index in [1.807, 2.05) is 0 Å². The Morgan fingerprint density at radius 1 is 1.53 bits per heavy atom. The number of aliphatic hydroxyl groups excluding tert-OH is 1. The van der Waals surface area contributed by atoms with E-state index >= 15 is 0 Å². The van der Waals surface area contributed by atoms with Crippen molar-refractivity contribution in [1.29, 1.82) is 0 Å². The summed E-state index contributed by atoms with van der Waals surface area (Å²) >= 11 is 5.64. The molecule has 0 aliphatic heterocycles. The van der Waals surface area contributed by atoms with Gasteiger partial charge in [0.1, 0.15) is 23.9 Å². The Balaban J connectivity index is 2.15.